The van der Waals surface area contributed by atoms with E-state index in [9.17, 15) is 4.79 Å². The molecule has 0 saturated heterocycles. The third kappa shape index (κ3) is 4.23. The van der Waals surface area contributed by atoms with Crippen molar-refractivity contribution in [3.63, 3.8) is 0 Å². The SMILES string of the molecule is CCC(CN)C(=O)NCCc1cc(Br)cs1. The molecule has 0 bridgehead atoms. The number of nitrogens with two attached hydrogens (primary N) is 1. The second-order valence-electron chi connectivity index (χ2n) is 3.61. The Morgan fingerprint density at radius 1 is 1.69 bits per heavy atom. The van der Waals surface area contributed by atoms with Crippen LogP contribution in [0.3, 0.4) is 0 Å². The molecule has 0 aromatic carbocycles. The van der Waals surface area contributed by atoms with Gasteiger partial charge in [-0.2, -0.15) is 0 Å². The Balaban J connectivity index is 2.27. The van der Waals surface area contributed by atoms with E-state index in [2.05, 4.69) is 27.3 Å². The monoisotopic (exact) mass is 304 g/mol. The number of rotatable bonds is 6. The standard InChI is InChI=1S/C11H17BrN2OS/c1-2-8(6-13)11(15)14-4-3-10-5-9(12)7-16-10/h5,7-8H,2-4,6,13H2,1H3,(H,14,15). The first kappa shape index (κ1) is 13.7. The van der Waals surface area contributed by atoms with E-state index in [1.807, 2.05) is 12.3 Å². The number of nitrogens with one attached hydrogen (secondary N) is 1. The van der Waals surface area contributed by atoms with E-state index in [4.69, 9.17) is 5.73 Å². The zero-order valence-corrected chi connectivity index (χ0v) is 11.7. The maximum absolute atomic E-state index is 11.6. The van der Waals surface area contributed by atoms with Crippen LogP contribution in [0.15, 0.2) is 15.9 Å². The van der Waals surface area contributed by atoms with Crippen molar-refractivity contribution in [2.75, 3.05) is 13.1 Å². The highest BCUT2D eigenvalue weighted by Crippen LogP contribution is 2.19. The molecule has 1 heterocycles. The summed E-state index contributed by atoms with van der Waals surface area (Å²) in [6, 6.07) is 2.08. The molecule has 0 spiro atoms. The molecule has 1 unspecified atom stereocenters. The van der Waals surface area contributed by atoms with Crippen LogP contribution in [0.5, 0.6) is 0 Å². The lowest BCUT2D eigenvalue weighted by Crippen LogP contribution is -2.35. The summed E-state index contributed by atoms with van der Waals surface area (Å²) < 4.78 is 1.10. The number of hydrogen-bond acceptors (Lipinski definition) is 3. The Hall–Kier alpha value is -0.390. The number of amides is 1. The maximum atomic E-state index is 11.6. The molecule has 1 aromatic heterocycles. The quantitative estimate of drug-likeness (QED) is 0.846. The highest BCUT2D eigenvalue weighted by Gasteiger charge is 2.13. The minimum Gasteiger partial charge on any atom is -0.355 e. The molecule has 0 saturated carbocycles. The van der Waals surface area contributed by atoms with Crippen molar-refractivity contribution in [2.45, 2.75) is 19.8 Å². The van der Waals surface area contributed by atoms with Crippen molar-refractivity contribution in [3.8, 4) is 0 Å². The molecule has 3 nitrogen and oxygen atoms in total. The van der Waals surface area contributed by atoms with Gasteiger partial charge in [-0.05, 0) is 34.8 Å². The van der Waals surface area contributed by atoms with Gasteiger partial charge in [-0.25, -0.2) is 0 Å². The molecule has 1 aromatic rings. The molecule has 0 aliphatic heterocycles. The van der Waals surface area contributed by atoms with Crippen LogP contribution in [0.1, 0.15) is 18.2 Å². The van der Waals surface area contributed by atoms with E-state index in [0.29, 0.717) is 13.1 Å². The normalized spacial score (nSPS) is 12.4. The smallest absolute Gasteiger partial charge is 0.224 e. The van der Waals surface area contributed by atoms with Crippen LogP contribution < -0.4 is 11.1 Å². The molecule has 1 amide bonds. The van der Waals surface area contributed by atoms with E-state index >= 15 is 0 Å². The summed E-state index contributed by atoms with van der Waals surface area (Å²) in [5.74, 6) is 0.0238. The summed E-state index contributed by atoms with van der Waals surface area (Å²) in [6.07, 6.45) is 1.68. The number of halogens is 1. The summed E-state index contributed by atoms with van der Waals surface area (Å²) in [7, 11) is 0. The number of carbonyl (C=O) groups excluding carboxylic acids is 1. The Morgan fingerprint density at radius 2 is 2.44 bits per heavy atom. The first-order chi connectivity index (χ1) is 7.67. The molecule has 90 valence electrons. The topological polar surface area (TPSA) is 55.1 Å². The van der Waals surface area contributed by atoms with Crippen molar-refractivity contribution < 1.29 is 4.79 Å². The summed E-state index contributed by atoms with van der Waals surface area (Å²) in [5.41, 5.74) is 5.51. The lowest BCUT2D eigenvalue weighted by Gasteiger charge is -2.11. The molecule has 1 atom stereocenters. The fourth-order valence-electron chi connectivity index (χ4n) is 1.40. The van der Waals surface area contributed by atoms with Gasteiger partial charge in [-0.1, -0.05) is 6.92 Å². The van der Waals surface area contributed by atoms with Gasteiger partial charge in [0, 0.05) is 33.7 Å². The largest absolute Gasteiger partial charge is 0.355 e. The van der Waals surface area contributed by atoms with Crippen molar-refractivity contribution in [1.29, 1.82) is 0 Å². The van der Waals surface area contributed by atoms with Crippen LogP contribution in [0.4, 0.5) is 0 Å². The predicted octanol–water partition coefficient (Wildman–Crippen LogP) is 2.15. The van der Waals surface area contributed by atoms with Crippen LogP contribution >= 0.6 is 27.3 Å². The number of thiophene rings is 1. The number of carbonyl (C=O) groups is 1. The van der Waals surface area contributed by atoms with Crippen LogP contribution in [0.25, 0.3) is 0 Å². The molecule has 0 aliphatic rings. The van der Waals surface area contributed by atoms with Gasteiger partial charge in [0.1, 0.15) is 0 Å². The summed E-state index contributed by atoms with van der Waals surface area (Å²) in [5, 5.41) is 4.96. The van der Waals surface area contributed by atoms with E-state index in [1.165, 1.54) is 4.88 Å². The van der Waals surface area contributed by atoms with Crippen molar-refractivity contribution in [1.82, 2.24) is 5.32 Å². The van der Waals surface area contributed by atoms with Gasteiger partial charge in [0.15, 0.2) is 0 Å². The second-order valence-corrected chi connectivity index (χ2v) is 5.52. The molecule has 0 radical (unpaired) electrons. The van der Waals surface area contributed by atoms with Crippen LogP contribution in [-0.4, -0.2) is 19.0 Å². The Labute approximate surface area is 109 Å². The minimum atomic E-state index is -0.0462. The molecule has 16 heavy (non-hydrogen) atoms. The Morgan fingerprint density at radius 3 is 2.94 bits per heavy atom. The van der Waals surface area contributed by atoms with Gasteiger partial charge in [-0.3, -0.25) is 4.79 Å². The van der Waals surface area contributed by atoms with Crippen molar-refractivity contribution in [2.24, 2.45) is 11.7 Å². The molecular formula is C11H17BrN2OS. The summed E-state index contributed by atoms with van der Waals surface area (Å²) in [4.78, 5) is 12.9. The fourth-order valence-corrected chi connectivity index (χ4v) is 2.85. The van der Waals surface area contributed by atoms with Gasteiger partial charge in [0.25, 0.3) is 0 Å². The van der Waals surface area contributed by atoms with Crippen LogP contribution in [0, 0.1) is 5.92 Å². The maximum Gasteiger partial charge on any atom is 0.224 e. The molecule has 1 rings (SSSR count). The van der Waals surface area contributed by atoms with Crippen molar-refractivity contribution >= 4 is 33.2 Å². The lowest BCUT2D eigenvalue weighted by atomic mass is 10.1. The summed E-state index contributed by atoms with van der Waals surface area (Å²) >= 11 is 5.10. The highest BCUT2D eigenvalue weighted by atomic mass is 79.9. The lowest BCUT2D eigenvalue weighted by molar-refractivity contribution is -0.124. The van der Waals surface area contributed by atoms with Crippen LogP contribution in [-0.2, 0) is 11.2 Å². The molecule has 3 N–H and O–H groups in total. The van der Waals surface area contributed by atoms with Crippen molar-refractivity contribution in [3.05, 3.63) is 20.8 Å². The average molecular weight is 305 g/mol. The average Bonchev–Trinajstić information content (AvgIpc) is 2.66. The Bertz CT molecular complexity index is 336. The summed E-state index contributed by atoms with van der Waals surface area (Å²) in [6.45, 7) is 3.09. The first-order valence-electron chi connectivity index (χ1n) is 5.38. The van der Waals surface area contributed by atoms with Gasteiger partial charge in [0.05, 0.1) is 0 Å². The van der Waals surface area contributed by atoms with E-state index in [0.717, 1.165) is 17.3 Å². The highest BCUT2D eigenvalue weighted by molar-refractivity contribution is 9.10. The molecular weight excluding hydrogens is 288 g/mol. The van der Waals surface area contributed by atoms with Gasteiger partial charge < -0.3 is 11.1 Å². The van der Waals surface area contributed by atoms with E-state index in [1.54, 1.807) is 11.3 Å². The first-order valence-corrected chi connectivity index (χ1v) is 7.05. The second kappa shape index (κ2) is 7.04. The molecule has 0 aliphatic carbocycles. The van der Waals surface area contributed by atoms with E-state index < -0.39 is 0 Å². The minimum absolute atomic E-state index is 0.0462. The van der Waals surface area contributed by atoms with Gasteiger partial charge in [-0.15, -0.1) is 11.3 Å². The molecule has 0 fully saturated rings. The fraction of sp³-hybridized carbons (Fsp3) is 0.545. The van der Waals surface area contributed by atoms with Gasteiger partial charge in [0.2, 0.25) is 5.91 Å². The number of hydrogen-bond donors (Lipinski definition) is 2. The van der Waals surface area contributed by atoms with Crippen LogP contribution in [0.2, 0.25) is 0 Å². The predicted molar refractivity (Wildman–Crippen MR) is 71.6 cm³/mol. The molecule has 5 heteroatoms. The third-order valence-corrected chi connectivity index (χ3v) is 4.20. The third-order valence-electron chi connectivity index (χ3n) is 2.44. The zero-order valence-electron chi connectivity index (χ0n) is 9.33. The zero-order chi connectivity index (χ0) is 12.0. The van der Waals surface area contributed by atoms with E-state index in [-0.39, 0.29) is 11.8 Å². The van der Waals surface area contributed by atoms with Gasteiger partial charge >= 0.3 is 0 Å². The Kier molecular flexibility index (Phi) is 6.01.